The first kappa shape index (κ1) is 15.3. The van der Waals surface area contributed by atoms with E-state index in [0.717, 1.165) is 11.1 Å². The normalized spacial score (nSPS) is 13.3. The molecule has 0 amide bonds. The molecule has 0 fully saturated rings. The molecule has 1 aromatic heterocycles. The Labute approximate surface area is 139 Å². The second kappa shape index (κ2) is 6.25. The number of rotatable bonds is 4. The number of halogens is 1. The van der Waals surface area contributed by atoms with Gasteiger partial charge >= 0.3 is 0 Å². The number of H-pyrrole nitrogens is 1. The van der Waals surface area contributed by atoms with Gasteiger partial charge < -0.3 is 5.11 Å². The van der Waals surface area contributed by atoms with Gasteiger partial charge in [-0.25, -0.2) is 0 Å². The Hall–Kier alpha value is -2.61. The van der Waals surface area contributed by atoms with Crippen LogP contribution in [0.5, 0.6) is 0 Å². The average molecular weight is 324 g/mol. The summed E-state index contributed by atoms with van der Waals surface area (Å²) in [7, 11) is 0. The number of nitrogens with one attached hydrogen (secondary N) is 1. The summed E-state index contributed by atoms with van der Waals surface area (Å²) < 4.78 is 0. The molecule has 23 heavy (non-hydrogen) atoms. The van der Waals surface area contributed by atoms with Gasteiger partial charge in [-0.05, 0) is 28.8 Å². The monoisotopic (exact) mass is 323 g/mol. The number of nitriles is 1. The van der Waals surface area contributed by atoms with E-state index in [2.05, 4.69) is 16.3 Å². The lowest BCUT2D eigenvalue weighted by atomic mass is 9.83. The second-order valence-corrected chi connectivity index (χ2v) is 5.70. The van der Waals surface area contributed by atoms with Gasteiger partial charge in [-0.2, -0.15) is 10.4 Å². The molecular formula is C18H14ClN3O. The maximum Gasteiger partial charge on any atom is 0.128 e. The summed E-state index contributed by atoms with van der Waals surface area (Å²) in [5.74, 6) is 0. The van der Waals surface area contributed by atoms with Crippen LogP contribution in [-0.2, 0) is 5.60 Å². The molecule has 0 aliphatic carbocycles. The molecule has 1 unspecified atom stereocenters. The highest BCUT2D eigenvalue weighted by Gasteiger charge is 2.31. The molecule has 2 aromatic carbocycles. The Bertz CT molecular complexity index is 820. The first-order chi connectivity index (χ1) is 11.1. The van der Waals surface area contributed by atoms with E-state index in [4.69, 9.17) is 16.9 Å². The van der Waals surface area contributed by atoms with E-state index in [9.17, 15) is 5.11 Å². The van der Waals surface area contributed by atoms with E-state index in [1.54, 1.807) is 36.7 Å². The molecule has 4 nitrogen and oxygen atoms in total. The fourth-order valence-electron chi connectivity index (χ4n) is 2.56. The molecule has 0 bridgehead atoms. The zero-order valence-corrected chi connectivity index (χ0v) is 13.0. The molecule has 0 saturated carbocycles. The molecule has 114 valence electrons. The highest BCUT2D eigenvalue weighted by Crippen LogP contribution is 2.34. The third-order valence-corrected chi connectivity index (χ3v) is 4.10. The molecule has 0 radical (unpaired) electrons. The van der Waals surface area contributed by atoms with Crippen molar-refractivity contribution in [2.75, 3.05) is 0 Å². The van der Waals surface area contributed by atoms with Crippen LogP contribution in [0.2, 0.25) is 5.02 Å². The number of hydrogen-bond acceptors (Lipinski definition) is 3. The van der Waals surface area contributed by atoms with Gasteiger partial charge in [0.1, 0.15) is 5.60 Å². The van der Waals surface area contributed by atoms with Crippen LogP contribution in [0.15, 0.2) is 60.9 Å². The van der Waals surface area contributed by atoms with Crippen molar-refractivity contribution >= 4 is 11.6 Å². The number of hydrogen-bond donors (Lipinski definition) is 2. The zero-order chi connectivity index (χ0) is 16.3. The molecule has 1 heterocycles. The Morgan fingerprint density at radius 1 is 1.04 bits per heavy atom. The van der Waals surface area contributed by atoms with Crippen molar-refractivity contribution in [1.29, 1.82) is 5.26 Å². The predicted octanol–water partition coefficient (Wildman–Crippen LogP) is 3.88. The number of aromatic amines is 1. The summed E-state index contributed by atoms with van der Waals surface area (Å²) in [6, 6.07) is 16.4. The first-order valence-electron chi connectivity index (χ1n) is 7.08. The summed E-state index contributed by atoms with van der Waals surface area (Å²) in [6.07, 6.45) is 3.49. The summed E-state index contributed by atoms with van der Waals surface area (Å²) in [4.78, 5) is 0. The van der Waals surface area contributed by atoms with Crippen molar-refractivity contribution < 1.29 is 5.11 Å². The molecule has 5 heteroatoms. The van der Waals surface area contributed by atoms with Gasteiger partial charge in [0, 0.05) is 16.8 Å². The summed E-state index contributed by atoms with van der Waals surface area (Å²) in [6.45, 7) is 0. The molecule has 0 saturated heterocycles. The van der Waals surface area contributed by atoms with Crippen LogP contribution in [0, 0.1) is 11.3 Å². The van der Waals surface area contributed by atoms with E-state index in [1.165, 1.54) is 0 Å². The lowest BCUT2D eigenvalue weighted by molar-refractivity contribution is 0.0860. The first-order valence-corrected chi connectivity index (χ1v) is 7.46. The van der Waals surface area contributed by atoms with Crippen molar-refractivity contribution in [2.24, 2.45) is 0 Å². The Morgan fingerprint density at radius 3 is 2.17 bits per heavy atom. The van der Waals surface area contributed by atoms with Crippen LogP contribution in [0.4, 0.5) is 0 Å². The lowest BCUT2D eigenvalue weighted by Crippen LogP contribution is -2.26. The van der Waals surface area contributed by atoms with Gasteiger partial charge in [0.15, 0.2) is 0 Å². The molecule has 3 rings (SSSR count). The largest absolute Gasteiger partial charge is 0.379 e. The molecule has 0 aliphatic rings. The van der Waals surface area contributed by atoms with Crippen LogP contribution in [0.1, 0.15) is 17.5 Å². The van der Waals surface area contributed by atoms with Crippen molar-refractivity contribution in [2.45, 2.75) is 12.0 Å². The zero-order valence-electron chi connectivity index (χ0n) is 12.2. The van der Waals surface area contributed by atoms with Crippen molar-refractivity contribution in [1.82, 2.24) is 10.2 Å². The summed E-state index contributed by atoms with van der Waals surface area (Å²) in [5, 5.41) is 27.5. The third-order valence-electron chi connectivity index (χ3n) is 3.85. The highest BCUT2D eigenvalue weighted by atomic mass is 35.5. The second-order valence-electron chi connectivity index (χ2n) is 5.27. The van der Waals surface area contributed by atoms with Crippen LogP contribution >= 0.6 is 11.6 Å². The van der Waals surface area contributed by atoms with Gasteiger partial charge in [-0.1, -0.05) is 48.0 Å². The minimum absolute atomic E-state index is 0.0420. The van der Waals surface area contributed by atoms with E-state index >= 15 is 0 Å². The molecule has 0 spiro atoms. The van der Waals surface area contributed by atoms with Gasteiger partial charge in [-0.3, -0.25) is 5.10 Å². The quantitative estimate of drug-likeness (QED) is 0.765. The Balaban J connectivity index is 2.01. The lowest BCUT2D eigenvalue weighted by Gasteiger charge is -2.27. The van der Waals surface area contributed by atoms with Crippen molar-refractivity contribution in [3.8, 4) is 17.2 Å². The van der Waals surface area contributed by atoms with Crippen LogP contribution < -0.4 is 0 Å². The van der Waals surface area contributed by atoms with E-state index in [-0.39, 0.29) is 6.42 Å². The van der Waals surface area contributed by atoms with E-state index in [0.29, 0.717) is 16.1 Å². The molecule has 3 aromatic rings. The fraction of sp³-hybridized carbons (Fsp3) is 0.111. The maximum atomic E-state index is 11.1. The number of aliphatic hydroxyl groups is 1. The summed E-state index contributed by atoms with van der Waals surface area (Å²) in [5.41, 5.74) is 1.88. The SMILES string of the molecule is N#CCC(O)(c1ccc(Cl)cc1)c1ccc(-c2cn[nH]c2)cc1. The Kier molecular flexibility index (Phi) is 4.16. The van der Waals surface area contributed by atoms with Crippen molar-refractivity contribution in [3.05, 3.63) is 77.1 Å². The predicted molar refractivity (Wildman–Crippen MR) is 88.7 cm³/mol. The van der Waals surface area contributed by atoms with Gasteiger partial charge in [-0.15, -0.1) is 0 Å². The average Bonchev–Trinajstić information content (AvgIpc) is 3.10. The van der Waals surface area contributed by atoms with Gasteiger partial charge in [0.05, 0.1) is 18.7 Å². The highest BCUT2D eigenvalue weighted by molar-refractivity contribution is 6.30. The van der Waals surface area contributed by atoms with E-state index in [1.807, 2.05) is 24.3 Å². The van der Waals surface area contributed by atoms with E-state index < -0.39 is 5.60 Å². The minimum atomic E-state index is -1.37. The maximum absolute atomic E-state index is 11.1. The number of nitrogens with zero attached hydrogens (tertiary/aromatic N) is 2. The van der Waals surface area contributed by atoms with Crippen LogP contribution in [-0.4, -0.2) is 15.3 Å². The topological polar surface area (TPSA) is 72.7 Å². The van der Waals surface area contributed by atoms with Gasteiger partial charge in [0.25, 0.3) is 0 Å². The molecular weight excluding hydrogens is 310 g/mol. The molecule has 1 atom stereocenters. The minimum Gasteiger partial charge on any atom is -0.379 e. The Morgan fingerprint density at radius 2 is 1.65 bits per heavy atom. The fourth-order valence-corrected chi connectivity index (χ4v) is 2.68. The standard InChI is InChI=1S/C18H14ClN3O/c19-17-7-5-16(6-8-17)18(23,9-10-20)15-3-1-13(2-4-15)14-11-21-22-12-14/h1-8,11-12,23H,9H2,(H,21,22). The van der Waals surface area contributed by atoms with Crippen molar-refractivity contribution in [3.63, 3.8) is 0 Å². The molecule has 0 aliphatic heterocycles. The molecule has 2 N–H and O–H groups in total. The summed E-state index contributed by atoms with van der Waals surface area (Å²) >= 11 is 5.91. The number of aromatic nitrogens is 2. The third kappa shape index (κ3) is 2.98. The van der Waals surface area contributed by atoms with Crippen LogP contribution in [0.25, 0.3) is 11.1 Å². The van der Waals surface area contributed by atoms with Crippen LogP contribution in [0.3, 0.4) is 0 Å². The van der Waals surface area contributed by atoms with Gasteiger partial charge in [0.2, 0.25) is 0 Å². The number of benzene rings is 2. The smallest absolute Gasteiger partial charge is 0.128 e.